The second kappa shape index (κ2) is 7.18. The van der Waals surface area contributed by atoms with Gasteiger partial charge < -0.3 is 4.90 Å². The number of rotatable bonds is 5. The van der Waals surface area contributed by atoms with E-state index in [1.165, 1.54) is 17.7 Å². The highest BCUT2D eigenvalue weighted by molar-refractivity contribution is 5.39. The molecule has 0 bridgehead atoms. The Hall–Kier alpha value is -2.48. The van der Waals surface area contributed by atoms with Gasteiger partial charge in [-0.2, -0.15) is 5.10 Å². The maximum absolute atomic E-state index is 12.1. The first-order chi connectivity index (χ1) is 12.0. The zero-order valence-corrected chi connectivity index (χ0v) is 14.9. The summed E-state index contributed by atoms with van der Waals surface area (Å²) in [6, 6.07) is 5.77. The number of aromatic nitrogens is 4. The van der Waals surface area contributed by atoms with Gasteiger partial charge in [0.1, 0.15) is 0 Å². The van der Waals surface area contributed by atoms with Crippen LogP contribution in [0, 0.1) is 0 Å². The summed E-state index contributed by atoms with van der Waals surface area (Å²) in [5.41, 5.74) is 0.158. The minimum Gasteiger partial charge on any atom is -0.351 e. The Kier molecular flexibility index (Phi) is 4.98. The average Bonchev–Trinajstić information content (AvgIpc) is 3.06. The van der Waals surface area contributed by atoms with Gasteiger partial charge in [-0.3, -0.25) is 18.8 Å². The normalized spacial score (nSPS) is 17.4. The zero-order chi connectivity index (χ0) is 18.0. The van der Waals surface area contributed by atoms with E-state index in [1.54, 1.807) is 13.2 Å². The van der Waals surface area contributed by atoms with Crippen molar-refractivity contribution >= 4 is 5.82 Å². The Bertz CT molecular complexity index is 844. The van der Waals surface area contributed by atoms with Crippen molar-refractivity contribution in [3.63, 3.8) is 0 Å². The molecule has 1 saturated heterocycles. The third-order valence-corrected chi connectivity index (χ3v) is 4.81. The van der Waals surface area contributed by atoms with Crippen LogP contribution in [0.15, 0.2) is 34.0 Å². The highest BCUT2D eigenvalue weighted by atomic mass is 16.2. The molecule has 1 atom stereocenters. The first-order valence-electron chi connectivity index (χ1n) is 8.46. The fourth-order valence-corrected chi connectivity index (χ4v) is 3.40. The highest BCUT2D eigenvalue weighted by Gasteiger charge is 2.27. The molecule has 0 unspecified atom stereocenters. The highest BCUT2D eigenvalue weighted by Crippen LogP contribution is 2.23. The predicted octanol–water partition coefficient (Wildman–Crippen LogP) is -0.0252. The molecule has 3 rings (SSSR count). The van der Waals surface area contributed by atoms with Gasteiger partial charge in [0.05, 0.1) is 0 Å². The minimum atomic E-state index is -0.294. The van der Waals surface area contributed by atoms with E-state index >= 15 is 0 Å². The third kappa shape index (κ3) is 3.63. The van der Waals surface area contributed by atoms with Crippen molar-refractivity contribution in [2.45, 2.75) is 25.4 Å². The van der Waals surface area contributed by atoms with Gasteiger partial charge in [0.2, 0.25) is 0 Å². The lowest BCUT2D eigenvalue weighted by atomic mass is 10.2. The van der Waals surface area contributed by atoms with Gasteiger partial charge in [0.25, 0.3) is 5.56 Å². The quantitative estimate of drug-likeness (QED) is 0.758. The minimum absolute atomic E-state index is 0.270. The average molecular weight is 344 g/mol. The number of hydrogen-bond donors (Lipinski definition) is 0. The Morgan fingerprint density at radius 3 is 2.80 bits per heavy atom. The smallest absolute Gasteiger partial charge is 0.330 e. The fourth-order valence-electron chi connectivity index (χ4n) is 3.40. The van der Waals surface area contributed by atoms with Crippen LogP contribution in [-0.4, -0.2) is 50.4 Å². The molecule has 0 aliphatic carbocycles. The molecule has 25 heavy (non-hydrogen) atoms. The summed E-state index contributed by atoms with van der Waals surface area (Å²) in [4.78, 5) is 28.4. The SMILES string of the molecule is CN(Cc1cc(=O)n(C)c(=O)n1C)C[C@@H]1CCCN1c1cccnn1. The van der Waals surface area contributed by atoms with Crippen molar-refractivity contribution in [3.8, 4) is 0 Å². The Morgan fingerprint density at radius 1 is 1.28 bits per heavy atom. The summed E-state index contributed by atoms with van der Waals surface area (Å²) in [5, 5.41) is 8.19. The van der Waals surface area contributed by atoms with Crippen molar-refractivity contribution in [3.05, 3.63) is 50.9 Å². The van der Waals surface area contributed by atoms with Gasteiger partial charge in [-0.15, -0.1) is 5.10 Å². The molecule has 0 saturated carbocycles. The van der Waals surface area contributed by atoms with Gasteiger partial charge in [0, 0.05) is 57.7 Å². The lowest BCUT2D eigenvalue weighted by Gasteiger charge is -2.29. The van der Waals surface area contributed by atoms with E-state index < -0.39 is 0 Å². The molecule has 1 aliphatic rings. The molecule has 0 radical (unpaired) electrons. The Morgan fingerprint density at radius 2 is 2.08 bits per heavy atom. The van der Waals surface area contributed by atoms with Crippen LogP contribution in [0.5, 0.6) is 0 Å². The van der Waals surface area contributed by atoms with Crippen molar-refractivity contribution < 1.29 is 0 Å². The molecule has 2 aromatic heterocycles. The Labute approximate surface area is 146 Å². The first kappa shape index (κ1) is 17.3. The molecule has 134 valence electrons. The number of hydrogen-bond acceptors (Lipinski definition) is 6. The summed E-state index contributed by atoms with van der Waals surface area (Å²) in [5.74, 6) is 0.902. The monoisotopic (exact) mass is 344 g/mol. The van der Waals surface area contributed by atoms with E-state index in [2.05, 4.69) is 20.0 Å². The van der Waals surface area contributed by atoms with Gasteiger partial charge >= 0.3 is 5.69 Å². The molecule has 0 N–H and O–H groups in total. The first-order valence-corrected chi connectivity index (χ1v) is 8.46. The van der Waals surface area contributed by atoms with E-state index in [4.69, 9.17) is 0 Å². The van der Waals surface area contributed by atoms with Crippen molar-refractivity contribution in [2.24, 2.45) is 14.1 Å². The van der Waals surface area contributed by atoms with Gasteiger partial charge in [0.15, 0.2) is 5.82 Å². The molecular weight excluding hydrogens is 320 g/mol. The molecule has 0 amide bonds. The molecule has 1 fully saturated rings. The summed E-state index contributed by atoms with van der Waals surface area (Å²) in [6.07, 6.45) is 3.90. The van der Waals surface area contributed by atoms with Gasteiger partial charge in [-0.25, -0.2) is 4.79 Å². The lowest BCUT2D eigenvalue weighted by molar-refractivity contribution is 0.294. The summed E-state index contributed by atoms with van der Waals surface area (Å²) in [7, 11) is 5.21. The molecule has 1 aliphatic heterocycles. The second-order valence-electron chi connectivity index (χ2n) is 6.64. The van der Waals surface area contributed by atoms with Crippen LogP contribution >= 0.6 is 0 Å². The predicted molar refractivity (Wildman–Crippen MR) is 95.7 cm³/mol. The molecule has 0 aromatic carbocycles. The van der Waals surface area contributed by atoms with Crippen molar-refractivity contribution in [1.82, 2.24) is 24.2 Å². The van der Waals surface area contributed by atoms with Crippen LogP contribution in [0.4, 0.5) is 5.82 Å². The van der Waals surface area contributed by atoms with Crippen LogP contribution in [0.3, 0.4) is 0 Å². The second-order valence-corrected chi connectivity index (χ2v) is 6.64. The molecule has 0 spiro atoms. The summed E-state index contributed by atoms with van der Waals surface area (Å²) < 4.78 is 2.66. The summed E-state index contributed by atoms with van der Waals surface area (Å²) >= 11 is 0. The van der Waals surface area contributed by atoms with Crippen LogP contribution in [0.25, 0.3) is 0 Å². The lowest BCUT2D eigenvalue weighted by Crippen LogP contribution is -2.42. The molecule has 8 heteroatoms. The van der Waals surface area contributed by atoms with Crippen LogP contribution in [0.2, 0.25) is 0 Å². The molecule has 2 aromatic rings. The van der Waals surface area contributed by atoms with E-state index in [0.717, 1.165) is 42.0 Å². The maximum atomic E-state index is 12.1. The fraction of sp³-hybridized carbons (Fsp3) is 0.529. The number of nitrogens with zero attached hydrogens (tertiary/aromatic N) is 6. The molecular formula is C17H24N6O2. The zero-order valence-electron chi connectivity index (χ0n) is 14.9. The van der Waals surface area contributed by atoms with Crippen molar-refractivity contribution in [2.75, 3.05) is 25.0 Å². The molecule has 8 nitrogen and oxygen atoms in total. The van der Waals surface area contributed by atoms with Crippen LogP contribution < -0.4 is 16.1 Å². The number of anilines is 1. The maximum Gasteiger partial charge on any atom is 0.330 e. The topological polar surface area (TPSA) is 76.3 Å². The standard InChI is InChI=1S/C17H24N6O2/c1-20(12-14-10-16(24)22(3)17(25)21(14)2)11-13-6-5-9-23(13)15-7-4-8-18-19-15/h4,7-8,10,13H,5-6,9,11-12H2,1-3H3/t13-/m0/s1. The van der Waals surface area contributed by atoms with E-state index in [0.29, 0.717) is 12.6 Å². The summed E-state index contributed by atoms with van der Waals surface area (Å²) in [6.45, 7) is 2.36. The largest absolute Gasteiger partial charge is 0.351 e. The van der Waals surface area contributed by atoms with E-state index in [9.17, 15) is 9.59 Å². The van der Waals surface area contributed by atoms with E-state index in [-0.39, 0.29) is 11.2 Å². The van der Waals surface area contributed by atoms with Crippen LogP contribution in [-0.2, 0) is 20.6 Å². The van der Waals surface area contributed by atoms with Crippen LogP contribution in [0.1, 0.15) is 18.5 Å². The van der Waals surface area contributed by atoms with E-state index in [1.807, 2.05) is 19.2 Å². The third-order valence-electron chi connectivity index (χ3n) is 4.81. The van der Waals surface area contributed by atoms with Crippen molar-refractivity contribution in [1.29, 1.82) is 0 Å². The molecule has 3 heterocycles. The number of likely N-dealkylation sites (N-methyl/N-ethyl adjacent to an activating group) is 1. The van der Waals surface area contributed by atoms with Gasteiger partial charge in [-0.05, 0) is 32.0 Å². The van der Waals surface area contributed by atoms with Gasteiger partial charge in [-0.1, -0.05) is 0 Å². The Balaban J connectivity index is 1.72.